The van der Waals surface area contributed by atoms with Crippen molar-refractivity contribution in [2.75, 3.05) is 47.5 Å². The summed E-state index contributed by atoms with van der Waals surface area (Å²) in [6.07, 6.45) is 4.12. The lowest BCUT2D eigenvalue weighted by molar-refractivity contribution is -0.870. The predicted molar refractivity (Wildman–Crippen MR) is 86.8 cm³/mol. The van der Waals surface area contributed by atoms with E-state index in [2.05, 4.69) is 41.9 Å². The molecule has 0 aromatic heterocycles. The molecule has 5 heteroatoms. The quantitative estimate of drug-likeness (QED) is 0.386. The third-order valence-electron chi connectivity index (χ3n) is 2.89. The van der Waals surface area contributed by atoms with Gasteiger partial charge in [0.1, 0.15) is 0 Å². The fourth-order valence-electron chi connectivity index (χ4n) is 1.88. The summed E-state index contributed by atoms with van der Waals surface area (Å²) in [5.74, 6) is 0. The molecule has 0 amide bonds. The van der Waals surface area contributed by atoms with Crippen molar-refractivity contribution >= 4 is 8.80 Å². The van der Waals surface area contributed by atoms with E-state index in [-0.39, 0.29) is 0 Å². The zero-order chi connectivity index (χ0) is 15.5. The van der Waals surface area contributed by atoms with E-state index in [9.17, 15) is 0 Å². The molecule has 0 saturated carbocycles. The summed E-state index contributed by atoms with van der Waals surface area (Å²) in [6.45, 7) is 9.73. The Morgan fingerprint density at radius 1 is 0.750 bits per heavy atom. The molecule has 0 spiro atoms. The fraction of sp³-hybridized carbons (Fsp3) is 1.00. The molecule has 0 unspecified atom stereocenters. The zero-order valence-corrected chi connectivity index (χ0v) is 15.5. The van der Waals surface area contributed by atoms with Crippen molar-refractivity contribution in [1.29, 1.82) is 0 Å². The molecule has 0 rings (SSSR count). The van der Waals surface area contributed by atoms with Crippen LogP contribution in [0.5, 0.6) is 0 Å². The smallest absolute Gasteiger partial charge is 0.373 e. The second kappa shape index (κ2) is 10.7. The predicted octanol–water partition coefficient (Wildman–Crippen LogP) is 3.30. The Bertz CT molecular complexity index is 210. The third-order valence-corrected chi connectivity index (χ3v) is 5.79. The third kappa shape index (κ3) is 9.88. The summed E-state index contributed by atoms with van der Waals surface area (Å²) in [5.41, 5.74) is 0. The van der Waals surface area contributed by atoms with Gasteiger partial charge >= 0.3 is 8.80 Å². The van der Waals surface area contributed by atoms with E-state index in [4.69, 9.17) is 13.3 Å². The average Bonchev–Trinajstić information content (AvgIpc) is 2.38. The lowest BCUT2D eigenvalue weighted by Crippen LogP contribution is -2.47. The minimum absolute atomic E-state index is 0.740. The van der Waals surface area contributed by atoms with Crippen LogP contribution in [0.15, 0.2) is 0 Å². The maximum Gasteiger partial charge on any atom is 0.501 e. The van der Waals surface area contributed by atoms with E-state index >= 15 is 0 Å². The van der Waals surface area contributed by atoms with Crippen molar-refractivity contribution in [2.24, 2.45) is 0 Å². The SMILES string of the molecule is CCCO[Si](CCC[N+](C)(C)C)(OCCC)OCCC. The summed E-state index contributed by atoms with van der Waals surface area (Å²) in [4.78, 5) is 0. The summed E-state index contributed by atoms with van der Waals surface area (Å²) in [6, 6.07) is 0.933. The van der Waals surface area contributed by atoms with E-state index in [1.807, 2.05) is 0 Å². The molecule has 0 radical (unpaired) electrons. The van der Waals surface area contributed by atoms with Crippen molar-refractivity contribution in [3.63, 3.8) is 0 Å². The van der Waals surface area contributed by atoms with Crippen LogP contribution in [-0.2, 0) is 13.3 Å². The summed E-state index contributed by atoms with van der Waals surface area (Å²) < 4.78 is 19.2. The van der Waals surface area contributed by atoms with Gasteiger partial charge in [-0.15, -0.1) is 0 Å². The number of hydrogen-bond donors (Lipinski definition) is 0. The Balaban J connectivity index is 4.57. The number of rotatable bonds is 13. The van der Waals surface area contributed by atoms with E-state index in [0.717, 1.165) is 62.6 Å². The average molecular weight is 307 g/mol. The topological polar surface area (TPSA) is 27.7 Å². The lowest BCUT2D eigenvalue weighted by atomic mass is 10.4. The maximum absolute atomic E-state index is 6.09. The van der Waals surface area contributed by atoms with Crippen LogP contribution in [0.3, 0.4) is 0 Å². The van der Waals surface area contributed by atoms with Gasteiger partial charge in [0.2, 0.25) is 0 Å². The Morgan fingerprint density at radius 3 is 1.45 bits per heavy atom. The van der Waals surface area contributed by atoms with Crippen LogP contribution in [0.4, 0.5) is 0 Å². The molecule has 0 atom stereocenters. The Morgan fingerprint density at radius 2 is 1.15 bits per heavy atom. The molecule has 0 heterocycles. The van der Waals surface area contributed by atoms with Gasteiger partial charge in [-0.1, -0.05) is 20.8 Å². The van der Waals surface area contributed by atoms with Gasteiger partial charge in [0.25, 0.3) is 0 Å². The number of quaternary nitrogens is 1. The molecule has 0 bridgehead atoms. The Labute approximate surface area is 127 Å². The van der Waals surface area contributed by atoms with Gasteiger partial charge in [-0.25, -0.2) is 0 Å². The first-order valence-electron chi connectivity index (χ1n) is 8.11. The van der Waals surface area contributed by atoms with Gasteiger partial charge in [0.15, 0.2) is 0 Å². The molecule has 0 aliphatic rings. The summed E-state index contributed by atoms with van der Waals surface area (Å²) in [5, 5.41) is 0. The Kier molecular flexibility index (Phi) is 10.8. The van der Waals surface area contributed by atoms with Crippen LogP contribution in [0.1, 0.15) is 46.5 Å². The van der Waals surface area contributed by atoms with Crippen LogP contribution < -0.4 is 0 Å². The molecule has 0 aliphatic heterocycles. The molecule has 0 aliphatic carbocycles. The molecule has 0 aromatic rings. The van der Waals surface area contributed by atoms with Gasteiger partial charge in [-0.3, -0.25) is 0 Å². The van der Waals surface area contributed by atoms with Crippen molar-refractivity contribution in [2.45, 2.75) is 52.5 Å². The second-order valence-corrected chi connectivity index (χ2v) is 9.08. The minimum Gasteiger partial charge on any atom is -0.373 e. The second-order valence-electron chi connectivity index (χ2n) is 6.35. The van der Waals surface area contributed by atoms with E-state index in [1.165, 1.54) is 0 Å². The van der Waals surface area contributed by atoms with Gasteiger partial charge in [-0.05, 0) is 19.3 Å². The van der Waals surface area contributed by atoms with Gasteiger partial charge in [-0.2, -0.15) is 0 Å². The van der Waals surface area contributed by atoms with Gasteiger partial charge in [0.05, 0.1) is 27.7 Å². The first kappa shape index (κ1) is 20.1. The van der Waals surface area contributed by atoms with E-state index < -0.39 is 8.80 Å². The summed E-state index contributed by atoms with van der Waals surface area (Å²) >= 11 is 0. The van der Waals surface area contributed by atoms with Crippen molar-refractivity contribution in [3.8, 4) is 0 Å². The van der Waals surface area contributed by atoms with Crippen LogP contribution >= 0.6 is 0 Å². The monoisotopic (exact) mass is 306 g/mol. The van der Waals surface area contributed by atoms with Gasteiger partial charge in [0, 0.05) is 32.3 Å². The van der Waals surface area contributed by atoms with Crippen molar-refractivity contribution in [1.82, 2.24) is 0 Å². The van der Waals surface area contributed by atoms with E-state index in [1.54, 1.807) is 0 Å². The molecule has 122 valence electrons. The lowest BCUT2D eigenvalue weighted by Gasteiger charge is -2.31. The molecule has 0 saturated heterocycles. The highest BCUT2D eigenvalue weighted by molar-refractivity contribution is 6.60. The fourth-order valence-corrected chi connectivity index (χ4v) is 4.70. The largest absolute Gasteiger partial charge is 0.501 e. The van der Waals surface area contributed by atoms with Crippen LogP contribution in [-0.4, -0.2) is 60.8 Å². The molecule has 20 heavy (non-hydrogen) atoms. The zero-order valence-electron chi connectivity index (χ0n) is 14.5. The van der Waals surface area contributed by atoms with Crippen molar-refractivity contribution < 1.29 is 17.8 Å². The highest BCUT2D eigenvalue weighted by atomic mass is 28.4. The van der Waals surface area contributed by atoms with Gasteiger partial charge < -0.3 is 17.8 Å². The number of nitrogens with zero attached hydrogens (tertiary/aromatic N) is 1. The first-order chi connectivity index (χ1) is 9.39. The van der Waals surface area contributed by atoms with Crippen LogP contribution in [0.2, 0.25) is 6.04 Å². The molecule has 0 aromatic carbocycles. The Hall–Kier alpha value is 0.0569. The highest BCUT2D eigenvalue weighted by Gasteiger charge is 2.40. The molecular weight excluding hydrogens is 270 g/mol. The molecular formula is C15H36NO3Si+. The van der Waals surface area contributed by atoms with Crippen LogP contribution in [0.25, 0.3) is 0 Å². The normalized spacial score (nSPS) is 12.9. The maximum atomic E-state index is 6.09. The minimum atomic E-state index is -2.47. The van der Waals surface area contributed by atoms with Crippen molar-refractivity contribution in [3.05, 3.63) is 0 Å². The standard InChI is InChI=1S/C15H36NO3Si/c1-7-12-17-20(18-13-8-2,19-14-9-3)15-10-11-16(4,5)6/h7-15H2,1-6H3/q+1. The first-order valence-corrected chi connectivity index (χ1v) is 10.0. The number of hydrogen-bond acceptors (Lipinski definition) is 3. The molecule has 4 nitrogen and oxygen atoms in total. The molecule has 0 N–H and O–H groups in total. The van der Waals surface area contributed by atoms with E-state index in [0.29, 0.717) is 0 Å². The van der Waals surface area contributed by atoms with Crippen LogP contribution in [0, 0.1) is 0 Å². The highest BCUT2D eigenvalue weighted by Crippen LogP contribution is 2.20. The summed E-state index contributed by atoms with van der Waals surface area (Å²) in [7, 11) is 4.19. The molecule has 0 fully saturated rings.